The highest BCUT2D eigenvalue weighted by molar-refractivity contribution is 5.79. The monoisotopic (exact) mass is 319 g/mol. The van der Waals surface area contributed by atoms with Crippen molar-refractivity contribution in [3.05, 3.63) is 24.3 Å². The first-order valence-corrected chi connectivity index (χ1v) is 7.90. The van der Waals surface area contributed by atoms with E-state index in [0.29, 0.717) is 45.6 Å². The number of nitrogens with one attached hydrogen (secondary N) is 2. The van der Waals surface area contributed by atoms with Gasteiger partial charge in [0.2, 0.25) is 5.91 Å². The number of nitrogens with zero attached hydrogens (tertiary/aromatic N) is 1. The van der Waals surface area contributed by atoms with E-state index in [-0.39, 0.29) is 18.0 Å². The van der Waals surface area contributed by atoms with Gasteiger partial charge in [0.15, 0.2) is 11.5 Å². The minimum atomic E-state index is -0.140. The zero-order valence-corrected chi connectivity index (χ0v) is 12.9. The van der Waals surface area contributed by atoms with Crippen molar-refractivity contribution in [2.45, 2.75) is 18.9 Å². The van der Waals surface area contributed by atoms with Gasteiger partial charge >= 0.3 is 6.03 Å². The van der Waals surface area contributed by atoms with Gasteiger partial charge in [-0.05, 0) is 12.1 Å². The summed E-state index contributed by atoms with van der Waals surface area (Å²) < 4.78 is 11.5. The Morgan fingerprint density at radius 1 is 1.30 bits per heavy atom. The molecule has 1 aromatic rings. The van der Waals surface area contributed by atoms with E-state index in [0.717, 1.165) is 11.5 Å². The lowest BCUT2D eigenvalue weighted by Crippen LogP contribution is -2.43. The van der Waals surface area contributed by atoms with Gasteiger partial charge in [0, 0.05) is 39.0 Å². The van der Waals surface area contributed by atoms with Gasteiger partial charge in [-0.1, -0.05) is 12.1 Å². The van der Waals surface area contributed by atoms with E-state index in [1.165, 1.54) is 0 Å². The molecule has 2 aliphatic heterocycles. The number of para-hydroxylation sites is 2. The summed E-state index contributed by atoms with van der Waals surface area (Å²) in [4.78, 5) is 25.0. The third-order valence-electron chi connectivity index (χ3n) is 3.91. The predicted molar refractivity (Wildman–Crippen MR) is 83.6 cm³/mol. The molecule has 2 heterocycles. The average molecular weight is 319 g/mol. The number of fused-ring (bicyclic) bond motifs is 1. The van der Waals surface area contributed by atoms with Crippen LogP contribution in [0, 0.1) is 0 Å². The standard InChI is InChI=1S/C16H21N3O4/c20-15-6-9-19(10-8-17-15)16(21)18-7-5-12-11-22-13-3-1-2-4-14(13)23-12/h1-4,12H,5-11H2,(H,17,20)(H,18,21)/t12-/m0/s1. The molecule has 0 saturated carbocycles. The van der Waals surface area contributed by atoms with Gasteiger partial charge in [-0.25, -0.2) is 4.79 Å². The van der Waals surface area contributed by atoms with Crippen molar-refractivity contribution in [3.63, 3.8) is 0 Å². The van der Waals surface area contributed by atoms with Gasteiger partial charge < -0.3 is 25.0 Å². The van der Waals surface area contributed by atoms with Gasteiger partial charge in [-0.15, -0.1) is 0 Å². The molecule has 124 valence electrons. The first-order chi connectivity index (χ1) is 11.2. The molecule has 3 rings (SSSR count). The summed E-state index contributed by atoms with van der Waals surface area (Å²) in [5, 5.41) is 5.63. The molecule has 0 radical (unpaired) electrons. The zero-order valence-electron chi connectivity index (χ0n) is 12.9. The second kappa shape index (κ2) is 7.21. The van der Waals surface area contributed by atoms with Crippen LogP contribution >= 0.6 is 0 Å². The third-order valence-corrected chi connectivity index (χ3v) is 3.91. The van der Waals surface area contributed by atoms with Crippen LogP contribution in [0.2, 0.25) is 0 Å². The molecule has 1 atom stereocenters. The molecule has 2 aliphatic rings. The fourth-order valence-corrected chi connectivity index (χ4v) is 2.63. The number of hydrogen-bond donors (Lipinski definition) is 2. The van der Waals surface area contributed by atoms with Gasteiger partial charge in [-0.3, -0.25) is 4.79 Å². The van der Waals surface area contributed by atoms with Crippen molar-refractivity contribution in [1.82, 2.24) is 15.5 Å². The van der Waals surface area contributed by atoms with Crippen molar-refractivity contribution in [1.29, 1.82) is 0 Å². The molecule has 3 amide bonds. The van der Waals surface area contributed by atoms with Crippen molar-refractivity contribution >= 4 is 11.9 Å². The lowest BCUT2D eigenvalue weighted by Gasteiger charge is -2.27. The van der Waals surface area contributed by atoms with Crippen LogP contribution in [0.15, 0.2) is 24.3 Å². The van der Waals surface area contributed by atoms with Gasteiger partial charge in [0.05, 0.1) is 0 Å². The number of urea groups is 1. The van der Waals surface area contributed by atoms with Crippen LogP contribution in [0.1, 0.15) is 12.8 Å². The Labute approximate surface area is 134 Å². The van der Waals surface area contributed by atoms with Crippen molar-refractivity contribution in [3.8, 4) is 11.5 Å². The highest BCUT2D eigenvalue weighted by Gasteiger charge is 2.22. The smallest absolute Gasteiger partial charge is 0.317 e. The maximum Gasteiger partial charge on any atom is 0.317 e. The second-order valence-corrected chi connectivity index (χ2v) is 5.61. The summed E-state index contributed by atoms with van der Waals surface area (Å²) in [6.07, 6.45) is 0.951. The Bertz CT molecular complexity index is 578. The predicted octanol–water partition coefficient (Wildman–Crippen LogP) is 0.748. The topological polar surface area (TPSA) is 79.9 Å². The number of hydrogen-bond acceptors (Lipinski definition) is 4. The van der Waals surface area contributed by atoms with Gasteiger partial charge in [0.25, 0.3) is 0 Å². The Kier molecular flexibility index (Phi) is 4.85. The van der Waals surface area contributed by atoms with E-state index in [9.17, 15) is 9.59 Å². The molecule has 7 heteroatoms. The summed E-state index contributed by atoms with van der Waals surface area (Å²) in [5.74, 6) is 1.49. The molecular formula is C16H21N3O4. The highest BCUT2D eigenvalue weighted by Crippen LogP contribution is 2.31. The van der Waals surface area contributed by atoms with Crippen LogP contribution in [-0.2, 0) is 4.79 Å². The Morgan fingerprint density at radius 3 is 3.00 bits per heavy atom. The number of rotatable bonds is 3. The van der Waals surface area contributed by atoms with E-state index in [1.54, 1.807) is 4.90 Å². The fraction of sp³-hybridized carbons (Fsp3) is 0.500. The lowest BCUT2D eigenvalue weighted by molar-refractivity contribution is -0.120. The van der Waals surface area contributed by atoms with Crippen LogP contribution in [0.3, 0.4) is 0 Å². The van der Waals surface area contributed by atoms with Crippen LogP contribution in [-0.4, -0.2) is 55.7 Å². The minimum absolute atomic E-state index is 0.00767. The molecule has 0 unspecified atom stereocenters. The number of ether oxygens (including phenoxy) is 2. The average Bonchev–Trinajstić information content (AvgIpc) is 2.79. The summed E-state index contributed by atoms with van der Waals surface area (Å²) in [7, 11) is 0. The molecule has 0 spiro atoms. The molecule has 1 fully saturated rings. The molecule has 1 aromatic carbocycles. The van der Waals surface area contributed by atoms with Gasteiger partial charge in [-0.2, -0.15) is 0 Å². The van der Waals surface area contributed by atoms with Crippen molar-refractivity contribution in [2.75, 3.05) is 32.8 Å². The maximum absolute atomic E-state index is 12.1. The van der Waals surface area contributed by atoms with Crippen LogP contribution in [0.4, 0.5) is 4.79 Å². The van der Waals surface area contributed by atoms with Crippen LogP contribution < -0.4 is 20.1 Å². The summed E-state index contributed by atoms with van der Waals surface area (Å²) in [5.41, 5.74) is 0. The van der Waals surface area contributed by atoms with E-state index in [4.69, 9.17) is 9.47 Å². The first-order valence-electron chi connectivity index (χ1n) is 7.90. The lowest BCUT2D eigenvalue weighted by atomic mass is 10.2. The van der Waals surface area contributed by atoms with E-state index < -0.39 is 0 Å². The van der Waals surface area contributed by atoms with Crippen LogP contribution in [0.5, 0.6) is 11.5 Å². The largest absolute Gasteiger partial charge is 0.486 e. The first kappa shape index (κ1) is 15.5. The van der Waals surface area contributed by atoms with Crippen molar-refractivity contribution in [2.24, 2.45) is 0 Å². The molecule has 0 bridgehead atoms. The second-order valence-electron chi connectivity index (χ2n) is 5.61. The molecule has 7 nitrogen and oxygen atoms in total. The number of amides is 3. The summed E-state index contributed by atoms with van der Waals surface area (Å²) in [6, 6.07) is 7.42. The molecule has 0 aromatic heterocycles. The summed E-state index contributed by atoms with van der Waals surface area (Å²) >= 11 is 0. The number of carbonyl (C=O) groups excluding carboxylic acids is 2. The molecule has 23 heavy (non-hydrogen) atoms. The van der Waals surface area contributed by atoms with E-state index >= 15 is 0 Å². The Morgan fingerprint density at radius 2 is 2.13 bits per heavy atom. The number of carbonyl (C=O) groups is 2. The molecule has 1 saturated heterocycles. The third kappa shape index (κ3) is 4.06. The molecular weight excluding hydrogens is 298 g/mol. The molecule has 0 aliphatic carbocycles. The highest BCUT2D eigenvalue weighted by atomic mass is 16.6. The summed E-state index contributed by atoms with van der Waals surface area (Å²) in [6.45, 7) is 2.48. The normalized spacial score (nSPS) is 20.4. The zero-order chi connectivity index (χ0) is 16.1. The Balaban J connectivity index is 1.41. The van der Waals surface area contributed by atoms with Crippen LogP contribution in [0.25, 0.3) is 0 Å². The SMILES string of the molecule is O=C1CCN(C(=O)NCC[C@H]2COc3ccccc3O2)CCN1. The van der Waals surface area contributed by atoms with Crippen molar-refractivity contribution < 1.29 is 19.1 Å². The molecule has 2 N–H and O–H groups in total. The fourth-order valence-electron chi connectivity index (χ4n) is 2.63. The van der Waals surface area contributed by atoms with E-state index in [2.05, 4.69) is 10.6 Å². The minimum Gasteiger partial charge on any atom is -0.486 e. The number of benzene rings is 1. The van der Waals surface area contributed by atoms with Gasteiger partial charge in [0.1, 0.15) is 12.7 Å². The Hall–Kier alpha value is -2.44. The quantitative estimate of drug-likeness (QED) is 0.861. The van der Waals surface area contributed by atoms with E-state index in [1.807, 2.05) is 24.3 Å². The maximum atomic E-state index is 12.1.